The Kier molecular flexibility index (Phi) is 4.02. The van der Waals surface area contributed by atoms with Gasteiger partial charge in [0, 0.05) is 6.04 Å². The van der Waals surface area contributed by atoms with E-state index in [1.807, 2.05) is 37.8 Å². The second-order valence-corrected chi connectivity index (χ2v) is 6.07. The molecule has 0 aromatic rings. The van der Waals surface area contributed by atoms with Gasteiger partial charge in [0.05, 0.1) is 6.04 Å². The lowest BCUT2D eigenvalue weighted by atomic mass is 9.87. The molecular weight excluding hydrogens is 238 g/mol. The molecule has 1 unspecified atom stereocenters. The molecular formula is C16H25NO2. The molecule has 1 saturated heterocycles. The lowest BCUT2D eigenvalue weighted by molar-refractivity contribution is 0.0751. The van der Waals surface area contributed by atoms with E-state index in [1.165, 1.54) is 19.3 Å². The van der Waals surface area contributed by atoms with Crippen LogP contribution in [0, 0.1) is 0 Å². The molecule has 3 nitrogen and oxygen atoms in total. The molecule has 0 radical (unpaired) electrons. The molecule has 0 N–H and O–H groups in total. The van der Waals surface area contributed by atoms with Crippen LogP contribution in [0.4, 0.5) is 4.79 Å². The number of ether oxygens (including phenoxy) is 1. The van der Waals surface area contributed by atoms with E-state index in [4.69, 9.17) is 4.74 Å². The molecule has 2 fully saturated rings. The fourth-order valence-electron chi connectivity index (χ4n) is 3.44. The van der Waals surface area contributed by atoms with Crippen molar-refractivity contribution in [2.75, 3.05) is 0 Å². The topological polar surface area (TPSA) is 29.5 Å². The van der Waals surface area contributed by atoms with Crippen LogP contribution in [0.25, 0.3) is 0 Å². The van der Waals surface area contributed by atoms with E-state index in [2.05, 4.69) is 6.58 Å². The zero-order valence-electron chi connectivity index (χ0n) is 12.3. The molecule has 106 valence electrons. The van der Waals surface area contributed by atoms with Gasteiger partial charge in [0.2, 0.25) is 0 Å². The van der Waals surface area contributed by atoms with Crippen LogP contribution in [-0.2, 0) is 4.74 Å². The van der Waals surface area contributed by atoms with Gasteiger partial charge in [-0.2, -0.15) is 0 Å². The number of rotatable bonds is 3. The molecule has 1 amide bonds. The number of cyclic esters (lactones) is 1. The van der Waals surface area contributed by atoms with Gasteiger partial charge in [-0.3, -0.25) is 4.90 Å². The van der Waals surface area contributed by atoms with E-state index in [-0.39, 0.29) is 12.1 Å². The maximum Gasteiger partial charge on any atom is 0.411 e. The highest BCUT2D eigenvalue weighted by atomic mass is 16.6. The minimum atomic E-state index is -0.482. The highest BCUT2D eigenvalue weighted by Gasteiger charge is 2.51. The molecule has 0 bridgehead atoms. The van der Waals surface area contributed by atoms with Crippen LogP contribution >= 0.6 is 0 Å². The van der Waals surface area contributed by atoms with Gasteiger partial charge in [-0.1, -0.05) is 38.0 Å². The number of carbonyl (C=O) groups excluding carboxylic acids is 1. The Balaban J connectivity index is 2.32. The Morgan fingerprint density at radius 3 is 2.53 bits per heavy atom. The largest absolute Gasteiger partial charge is 0.441 e. The van der Waals surface area contributed by atoms with E-state index in [0.717, 1.165) is 18.4 Å². The van der Waals surface area contributed by atoms with Crippen molar-refractivity contribution < 1.29 is 9.53 Å². The van der Waals surface area contributed by atoms with E-state index < -0.39 is 5.60 Å². The lowest BCUT2D eigenvalue weighted by Gasteiger charge is -2.36. The fourth-order valence-corrected chi connectivity index (χ4v) is 3.44. The number of hydrogen-bond acceptors (Lipinski definition) is 2. The summed E-state index contributed by atoms with van der Waals surface area (Å²) in [5, 5.41) is 0. The van der Waals surface area contributed by atoms with Gasteiger partial charge in [0.15, 0.2) is 0 Å². The molecule has 1 aliphatic heterocycles. The van der Waals surface area contributed by atoms with Crippen molar-refractivity contribution in [1.29, 1.82) is 0 Å². The van der Waals surface area contributed by atoms with Gasteiger partial charge in [0.1, 0.15) is 5.60 Å². The summed E-state index contributed by atoms with van der Waals surface area (Å²) < 4.78 is 5.61. The van der Waals surface area contributed by atoms with Crippen molar-refractivity contribution >= 4 is 6.09 Å². The van der Waals surface area contributed by atoms with Gasteiger partial charge < -0.3 is 4.74 Å². The second-order valence-electron chi connectivity index (χ2n) is 6.07. The van der Waals surface area contributed by atoms with Crippen molar-refractivity contribution in [2.24, 2.45) is 0 Å². The SMILES string of the molecule is C=C/C(=C\C)C1N(C2CCCCC2)C(=O)OC1(C)C. The maximum atomic E-state index is 12.3. The molecule has 2 aliphatic rings. The first-order chi connectivity index (χ1) is 9.01. The minimum Gasteiger partial charge on any atom is -0.441 e. The summed E-state index contributed by atoms with van der Waals surface area (Å²) in [6.07, 6.45) is 9.61. The smallest absolute Gasteiger partial charge is 0.411 e. The molecule has 0 spiro atoms. The summed E-state index contributed by atoms with van der Waals surface area (Å²) in [7, 11) is 0. The molecule has 1 heterocycles. The number of nitrogens with zero attached hydrogens (tertiary/aromatic N) is 1. The van der Waals surface area contributed by atoms with E-state index in [9.17, 15) is 4.79 Å². The van der Waals surface area contributed by atoms with Gasteiger partial charge in [-0.15, -0.1) is 0 Å². The van der Waals surface area contributed by atoms with Gasteiger partial charge in [0.25, 0.3) is 0 Å². The fraction of sp³-hybridized carbons (Fsp3) is 0.688. The van der Waals surface area contributed by atoms with Crippen LogP contribution in [0.3, 0.4) is 0 Å². The van der Waals surface area contributed by atoms with E-state index in [1.54, 1.807) is 0 Å². The van der Waals surface area contributed by atoms with Gasteiger partial charge >= 0.3 is 6.09 Å². The van der Waals surface area contributed by atoms with Gasteiger partial charge in [-0.05, 0) is 39.2 Å². The number of hydrogen-bond donors (Lipinski definition) is 0. The minimum absolute atomic E-state index is 0.00870. The third kappa shape index (κ3) is 2.56. The van der Waals surface area contributed by atoms with Crippen molar-refractivity contribution in [1.82, 2.24) is 4.90 Å². The molecule has 0 aromatic carbocycles. The van der Waals surface area contributed by atoms with Crippen LogP contribution in [0.1, 0.15) is 52.9 Å². The molecule has 2 rings (SSSR count). The quantitative estimate of drug-likeness (QED) is 0.719. The van der Waals surface area contributed by atoms with Crippen LogP contribution in [0.5, 0.6) is 0 Å². The number of allylic oxidation sites excluding steroid dienone is 1. The lowest BCUT2D eigenvalue weighted by Crippen LogP contribution is -2.48. The van der Waals surface area contributed by atoms with Crippen LogP contribution in [0.2, 0.25) is 0 Å². The van der Waals surface area contributed by atoms with Crippen molar-refractivity contribution in [3.8, 4) is 0 Å². The van der Waals surface area contributed by atoms with Crippen molar-refractivity contribution in [3.63, 3.8) is 0 Å². The Morgan fingerprint density at radius 2 is 2.00 bits per heavy atom. The van der Waals surface area contributed by atoms with E-state index in [0.29, 0.717) is 6.04 Å². The Morgan fingerprint density at radius 1 is 1.37 bits per heavy atom. The Labute approximate surface area is 116 Å². The Bertz CT molecular complexity index is 392. The summed E-state index contributed by atoms with van der Waals surface area (Å²) in [6, 6.07) is 0.313. The maximum absolute atomic E-state index is 12.3. The van der Waals surface area contributed by atoms with Crippen molar-refractivity contribution in [3.05, 3.63) is 24.3 Å². The number of amides is 1. The number of carbonyl (C=O) groups is 1. The average Bonchev–Trinajstić information content (AvgIpc) is 2.62. The highest BCUT2D eigenvalue weighted by Crippen LogP contribution is 2.38. The van der Waals surface area contributed by atoms with E-state index >= 15 is 0 Å². The third-order valence-electron chi connectivity index (χ3n) is 4.35. The van der Waals surface area contributed by atoms with Crippen molar-refractivity contribution in [2.45, 2.75) is 70.6 Å². The molecule has 1 atom stereocenters. The summed E-state index contributed by atoms with van der Waals surface area (Å²) >= 11 is 0. The van der Waals surface area contributed by atoms with Gasteiger partial charge in [-0.25, -0.2) is 4.79 Å². The summed E-state index contributed by atoms with van der Waals surface area (Å²) in [4.78, 5) is 14.2. The third-order valence-corrected chi connectivity index (χ3v) is 4.35. The zero-order valence-corrected chi connectivity index (χ0v) is 12.3. The van der Waals surface area contributed by atoms with Crippen LogP contribution in [-0.4, -0.2) is 28.7 Å². The second kappa shape index (κ2) is 5.40. The summed E-state index contributed by atoms with van der Waals surface area (Å²) in [6.45, 7) is 9.86. The molecule has 0 aromatic heterocycles. The summed E-state index contributed by atoms with van der Waals surface area (Å²) in [5.41, 5.74) is 0.603. The van der Waals surface area contributed by atoms with Crippen LogP contribution in [0.15, 0.2) is 24.3 Å². The zero-order chi connectivity index (χ0) is 14.0. The monoisotopic (exact) mass is 263 g/mol. The first-order valence-electron chi connectivity index (χ1n) is 7.31. The molecule has 1 aliphatic carbocycles. The molecule has 1 saturated carbocycles. The molecule has 19 heavy (non-hydrogen) atoms. The molecule has 3 heteroatoms. The predicted molar refractivity (Wildman–Crippen MR) is 77.0 cm³/mol. The first kappa shape index (κ1) is 14.2. The standard InChI is InChI=1S/C16H25NO2/c1-5-12(6-2)14-16(3,4)19-15(18)17(14)13-10-8-7-9-11-13/h5-6,13-14H,1,7-11H2,2-4H3/b12-6+. The Hall–Kier alpha value is -1.25. The highest BCUT2D eigenvalue weighted by molar-refractivity contribution is 5.73. The normalized spacial score (nSPS) is 28.4. The average molecular weight is 263 g/mol. The summed E-state index contributed by atoms with van der Waals surface area (Å²) in [5.74, 6) is 0. The van der Waals surface area contributed by atoms with Crippen LogP contribution < -0.4 is 0 Å². The predicted octanol–water partition coefficient (Wildman–Crippen LogP) is 4.05. The first-order valence-corrected chi connectivity index (χ1v) is 7.31.